The fourth-order valence-electron chi connectivity index (χ4n) is 2.71. The standard InChI is InChI=1S/C13H23N5/c1-8-4-5-11(9(2)6-8)16-12-10(3)7-15-13(17-12)18-14/h7-9,11H,4-6,14H2,1-3H3,(H2,15,16,17,18). The Hall–Kier alpha value is -1.36. The molecule has 0 radical (unpaired) electrons. The van der Waals surface area contributed by atoms with E-state index in [1.165, 1.54) is 19.3 Å². The summed E-state index contributed by atoms with van der Waals surface area (Å²) >= 11 is 0. The van der Waals surface area contributed by atoms with E-state index in [0.717, 1.165) is 17.3 Å². The average Bonchev–Trinajstić information content (AvgIpc) is 2.35. The van der Waals surface area contributed by atoms with Crippen LogP contribution in [0.5, 0.6) is 0 Å². The quantitative estimate of drug-likeness (QED) is 0.566. The smallest absolute Gasteiger partial charge is 0.239 e. The zero-order valence-electron chi connectivity index (χ0n) is 11.4. The Labute approximate surface area is 109 Å². The van der Waals surface area contributed by atoms with Crippen LogP contribution in [-0.2, 0) is 0 Å². The van der Waals surface area contributed by atoms with Crippen molar-refractivity contribution in [3.05, 3.63) is 11.8 Å². The molecule has 100 valence electrons. The molecule has 1 heterocycles. The zero-order chi connectivity index (χ0) is 13.1. The Morgan fingerprint density at radius 2 is 2.11 bits per heavy atom. The maximum atomic E-state index is 5.34. The molecule has 2 rings (SSSR count). The number of hydrazine groups is 1. The molecule has 0 spiro atoms. The Bertz CT molecular complexity index is 406. The van der Waals surface area contributed by atoms with E-state index in [2.05, 4.69) is 34.6 Å². The molecule has 1 saturated carbocycles. The summed E-state index contributed by atoms with van der Waals surface area (Å²) in [5.41, 5.74) is 3.54. The number of hydrogen-bond donors (Lipinski definition) is 3. The number of rotatable bonds is 3. The lowest BCUT2D eigenvalue weighted by atomic mass is 9.80. The molecule has 0 amide bonds. The first-order valence-corrected chi connectivity index (χ1v) is 6.67. The highest BCUT2D eigenvalue weighted by molar-refractivity contribution is 5.46. The molecule has 3 atom stereocenters. The minimum absolute atomic E-state index is 0.458. The highest BCUT2D eigenvalue weighted by atomic mass is 15.3. The summed E-state index contributed by atoms with van der Waals surface area (Å²) in [4.78, 5) is 8.47. The number of nitrogens with two attached hydrogens (primary N) is 1. The molecule has 0 saturated heterocycles. The van der Waals surface area contributed by atoms with Gasteiger partial charge < -0.3 is 5.32 Å². The molecule has 18 heavy (non-hydrogen) atoms. The second-order valence-electron chi connectivity index (χ2n) is 5.52. The molecule has 3 unspecified atom stereocenters. The SMILES string of the molecule is Cc1cnc(NN)nc1NC1CCC(C)CC1C. The fourth-order valence-corrected chi connectivity index (χ4v) is 2.71. The molecular formula is C13H23N5. The third kappa shape index (κ3) is 2.90. The van der Waals surface area contributed by atoms with Gasteiger partial charge in [-0.3, -0.25) is 5.43 Å². The maximum absolute atomic E-state index is 5.34. The summed E-state index contributed by atoms with van der Waals surface area (Å²) in [6.45, 7) is 6.66. The minimum atomic E-state index is 0.458. The molecule has 5 nitrogen and oxygen atoms in total. The first kappa shape index (κ1) is 13.1. The lowest BCUT2D eigenvalue weighted by molar-refractivity contribution is 0.276. The summed E-state index contributed by atoms with van der Waals surface area (Å²) in [6.07, 6.45) is 5.57. The van der Waals surface area contributed by atoms with Crippen molar-refractivity contribution in [2.24, 2.45) is 17.7 Å². The molecule has 0 bridgehead atoms. The minimum Gasteiger partial charge on any atom is -0.367 e. The van der Waals surface area contributed by atoms with Crippen molar-refractivity contribution in [1.82, 2.24) is 9.97 Å². The van der Waals surface area contributed by atoms with Gasteiger partial charge in [0.2, 0.25) is 5.95 Å². The Balaban J connectivity index is 2.08. The number of aromatic nitrogens is 2. The van der Waals surface area contributed by atoms with Crippen LogP contribution in [0.25, 0.3) is 0 Å². The average molecular weight is 249 g/mol. The van der Waals surface area contributed by atoms with Gasteiger partial charge in [0.1, 0.15) is 5.82 Å². The second kappa shape index (κ2) is 5.52. The van der Waals surface area contributed by atoms with Gasteiger partial charge in [0.25, 0.3) is 0 Å². The Morgan fingerprint density at radius 1 is 1.33 bits per heavy atom. The molecule has 4 N–H and O–H groups in total. The van der Waals surface area contributed by atoms with Crippen LogP contribution < -0.4 is 16.6 Å². The van der Waals surface area contributed by atoms with E-state index in [0.29, 0.717) is 17.9 Å². The van der Waals surface area contributed by atoms with Crippen molar-refractivity contribution in [3.8, 4) is 0 Å². The van der Waals surface area contributed by atoms with Gasteiger partial charge in [-0.2, -0.15) is 4.98 Å². The summed E-state index contributed by atoms with van der Waals surface area (Å²) in [5.74, 6) is 8.21. The monoisotopic (exact) mass is 249 g/mol. The van der Waals surface area contributed by atoms with Crippen molar-refractivity contribution < 1.29 is 0 Å². The van der Waals surface area contributed by atoms with Gasteiger partial charge in [-0.1, -0.05) is 13.8 Å². The molecule has 1 fully saturated rings. The first-order valence-electron chi connectivity index (χ1n) is 6.67. The van der Waals surface area contributed by atoms with Crippen molar-refractivity contribution in [3.63, 3.8) is 0 Å². The van der Waals surface area contributed by atoms with E-state index in [9.17, 15) is 0 Å². The van der Waals surface area contributed by atoms with E-state index in [-0.39, 0.29) is 0 Å². The van der Waals surface area contributed by atoms with Gasteiger partial charge in [0, 0.05) is 17.8 Å². The topological polar surface area (TPSA) is 75.9 Å². The van der Waals surface area contributed by atoms with Gasteiger partial charge in [-0.15, -0.1) is 0 Å². The lowest BCUT2D eigenvalue weighted by Crippen LogP contribution is -2.33. The van der Waals surface area contributed by atoms with Gasteiger partial charge in [0.15, 0.2) is 0 Å². The first-order chi connectivity index (χ1) is 8.60. The number of hydrogen-bond acceptors (Lipinski definition) is 5. The molecule has 1 aliphatic rings. The lowest BCUT2D eigenvalue weighted by Gasteiger charge is -2.33. The molecule has 1 aliphatic carbocycles. The van der Waals surface area contributed by atoms with E-state index in [1.807, 2.05) is 6.92 Å². The van der Waals surface area contributed by atoms with Crippen molar-refractivity contribution in [2.75, 3.05) is 10.7 Å². The number of nitrogen functional groups attached to an aromatic ring is 1. The summed E-state index contributed by atoms with van der Waals surface area (Å²) in [5, 5.41) is 3.55. The van der Waals surface area contributed by atoms with Gasteiger partial charge in [-0.25, -0.2) is 10.8 Å². The van der Waals surface area contributed by atoms with E-state index < -0.39 is 0 Å². The van der Waals surface area contributed by atoms with Crippen LogP contribution in [0.2, 0.25) is 0 Å². The summed E-state index contributed by atoms with van der Waals surface area (Å²) in [6, 6.07) is 0.500. The Kier molecular flexibility index (Phi) is 4.01. The normalized spacial score (nSPS) is 27.9. The maximum Gasteiger partial charge on any atom is 0.239 e. The summed E-state index contributed by atoms with van der Waals surface area (Å²) in [7, 11) is 0. The molecule has 0 aromatic carbocycles. The Morgan fingerprint density at radius 3 is 2.78 bits per heavy atom. The molecule has 1 aromatic heterocycles. The van der Waals surface area contributed by atoms with E-state index in [1.54, 1.807) is 6.20 Å². The molecule has 5 heteroatoms. The number of aryl methyl sites for hydroxylation is 1. The van der Waals surface area contributed by atoms with Crippen LogP contribution >= 0.6 is 0 Å². The predicted molar refractivity (Wildman–Crippen MR) is 74.2 cm³/mol. The second-order valence-corrected chi connectivity index (χ2v) is 5.52. The number of anilines is 2. The third-order valence-corrected chi connectivity index (χ3v) is 3.85. The highest BCUT2D eigenvalue weighted by Gasteiger charge is 2.25. The van der Waals surface area contributed by atoms with Crippen LogP contribution in [0.3, 0.4) is 0 Å². The van der Waals surface area contributed by atoms with E-state index >= 15 is 0 Å². The third-order valence-electron chi connectivity index (χ3n) is 3.85. The zero-order valence-corrected chi connectivity index (χ0v) is 11.4. The number of nitrogens with one attached hydrogen (secondary N) is 2. The molecule has 1 aromatic rings. The van der Waals surface area contributed by atoms with Crippen LogP contribution in [0, 0.1) is 18.8 Å². The fraction of sp³-hybridized carbons (Fsp3) is 0.692. The van der Waals surface area contributed by atoms with Gasteiger partial charge in [0.05, 0.1) is 0 Å². The molecule has 0 aliphatic heterocycles. The molecular weight excluding hydrogens is 226 g/mol. The number of nitrogens with zero attached hydrogens (tertiary/aromatic N) is 2. The van der Waals surface area contributed by atoms with Crippen LogP contribution in [0.4, 0.5) is 11.8 Å². The van der Waals surface area contributed by atoms with Crippen molar-refractivity contribution >= 4 is 11.8 Å². The summed E-state index contributed by atoms with van der Waals surface area (Å²) < 4.78 is 0. The van der Waals surface area contributed by atoms with Crippen LogP contribution in [0.1, 0.15) is 38.7 Å². The van der Waals surface area contributed by atoms with Crippen LogP contribution in [-0.4, -0.2) is 16.0 Å². The van der Waals surface area contributed by atoms with Crippen molar-refractivity contribution in [1.29, 1.82) is 0 Å². The van der Waals surface area contributed by atoms with Crippen LogP contribution in [0.15, 0.2) is 6.20 Å². The van der Waals surface area contributed by atoms with Crippen molar-refractivity contribution in [2.45, 2.75) is 46.1 Å². The van der Waals surface area contributed by atoms with E-state index in [4.69, 9.17) is 5.84 Å². The highest BCUT2D eigenvalue weighted by Crippen LogP contribution is 2.30. The van der Waals surface area contributed by atoms with Gasteiger partial charge in [-0.05, 0) is 38.0 Å². The van der Waals surface area contributed by atoms with Gasteiger partial charge >= 0.3 is 0 Å². The predicted octanol–water partition coefficient (Wildman–Crippen LogP) is 2.31. The largest absolute Gasteiger partial charge is 0.367 e.